The molecule has 156 valence electrons. The second-order valence-electron chi connectivity index (χ2n) is 7.56. The molecule has 0 radical (unpaired) electrons. The molecule has 0 bridgehead atoms. The van der Waals surface area contributed by atoms with Gasteiger partial charge in [-0.25, -0.2) is 0 Å². The highest BCUT2D eigenvalue weighted by atomic mass is 35.5. The van der Waals surface area contributed by atoms with Crippen molar-refractivity contribution in [2.24, 2.45) is 11.7 Å². The molecule has 29 heavy (non-hydrogen) atoms. The third-order valence-corrected chi connectivity index (χ3v) is 5.60. The van der Waals surface area contributed by atoms with E-state index in [1.54, 1.807) is 0 Å². The van der Waals surface area contributed by atoms with E-state index in [0.29, 0.717) is 12.2 Å². The number of primary amides is 1. The van der Waals surface area contributed by atoms with E-state index in [-0.39, 0.29) is 30.1 Å². The summed E-state index contributed by atoms with van der Waals surface area (Å²) in [6, 6.07) is 7.88. The molecule has 0 unspecified atom stereocenters. The van der Waals surface area contributed by atoms with Gasteiger partial charge in [-0.1, -0.05) is 12.1 Å². The van der Waals surface area contributed by atoms with Crippen molar-refractivity contribution in [3.8, 4) is 0 Å². The molecule has 8 nitrogen and oxygen atoms in total. The second kappa shape index (κ2) is 9.39. The van der Waals surface area contributed by atoms with E-state index in [4.69, 9.17) is 5.73 Å². The van der Waals surface area contributed by atoms with E-state index in [1.165, 1.54) is 0 Å². The lowest BCUT2D eigenvalue weighted by atomic mass is 9.96. The minimum atomic E-state index is -0.194. The van der Waals surface area contributed by atoms with Gasteiger partial charge >= 0.3 is 0 Å². The minimum absolute atomic E-state index is 0. The summed E-state index contributed by atoms with van der Waals surface area (Å²) in [6.07, 6.45) is 2.48. The quantitative estimate of drug-likeness (QED) is 0.586. The smallest absolute Gasteiger partial charge is 0.276 e. The fraction of sp³-hybridized carbons (Fsp3) is 0.450. The highest BCUT2D eigenvalue weighted by molar-refractivity contribution is 6.04. The molecule has 2 aliphatic heterocycles. The van der Waals surface area contributed by atoms with E-state index in [9.17, 15) is 9.59 Å². The van der Waals surface area contributed by atoms with E-state index in [2.05, 4.69) is 31.8 Å². The summed E-state index contributed by atoms with van der Waals surface area (Å²) >= 11 is 0. The number of aromatic amines is 1. The molecule has 2 amide bonds. The fourth-order valence-electron chi connectivity index (χ4n) is 3.98. The van der Waals surface area contributed by atoms with E-state index in [0.717, 1.165) is 67.9 Å². The summed E-state index contributed by atoms with van der Waals surface area (Å²) in [4.78, 5) is 26.3. The molecule has 1 fully saturated rings. The lowest BCUT2D eigenvalue weighted by Crippen LogP contribution is -2.38. The predicted molar refractivity (Wildman–Crippen MR) is 113 cm³/mol. The number of halogens is 1. The number of nitrogens with two attached hydrogens (primary N) is 1. The Morgan fingerprint density at radius 2 is 2.07 bits per heavy atom. The van der Waals surface area contributed by atoms with Gasteiger partial charge in [0.15, 0.2) is 5.69 Å². The first-order valence-corrected chi connectivity index (χ1v) is 9.79. The van der Waals surface area contributed by atoms with Crippen LogP contribution in [0.5, 0.6) is 0 Å². The van der Waals surface area contributed by atoms with Gasteiger partial charge in [0.2, 0.25) is 5.91 Å². The first-order chi connectivity index (χ1) is 13.6. The molecule has 2 aromatic rings. The number of hydrogen-bond acceptors (Lipinski definition) is 5. The zero-order valence-electron chi connectivity index (χ0n) is 16.2. The molecule has 4 rings (SSSR count). The monoisotopic (exact) mass is 418 g/mol. The first kappa shape index (κ1) is 21.3. The average Bonchev–Trinajstić information content (AvgIpc) is 3.13. The van der Waals surface area contributed by atoms with E-state index >= 15 is 0 Å². The molecule has 0 atom stereocenters. The van der Waals surface area contributed by atoms with Gasteiger partial charge in [0.1, 0.15) is 0 Å². The van der Waals surface area contributed by atoms with Crippen molar-refractivity contribution in [2.75, 3.05) is 25.0 Å². The van der Waals surface area contributed by atoms with Gasteiger partial charge in [-0.05, 0) is 43.6 Å². The van der Waals surface area contributed by atoms with Gasteiger partial charge in [0.05, 0.1) is 0 Å². The van der Waals surface area contributed by atoms with Crippen molar-refractivity contribution in [1.82, 2.24) is 20.4 Å². The number of aromatic nitrogens is 2. The topological polar surface area (TPSA) is 116 Å². The maximum Gasteiger partial charge on any atom is 0.276 e. The number of anilines is 1. The van der Waals surface area contributed by atoms with Crippen LogP contribution in [0.1, 0.15) is 40.2 Å². The largest absolute Gasteiger partial charge is 0.369 e. The van der Waals surface area contributed by atoms with Crippen LogP contribution >= 0.6 is 12.4 Å². The van der Waals surface area contributed by atoms with Gasteiger partial charge in [-0.15, -0.1) is 12.4 Å². The average molecular weight is 419 g/mol. The number of amides is 2. The number of fused-ring (bicyclic) bond motifs is 1. The Morgan fingerprint density at radius 3 is 2.83 bits per heavy atom. The molecule has 1 aromatic heterocycles. The van der Waals surface area contributed by atoms with Gasteiger partial charge in [-0.2, -0.15) is 5.10 Å². The van der Waals surface area contributed by atoms with Crippen LogP contribution in [-0.2, 0) is 24.3 Å². The zero-order chi connectivity index (χ0) is 19.5. The Kier molecular flexibility index (Phi) is 6.89. The van der Waals surface area contributed by atoms with Gasteiger partial charge in [-0.3, -0.25) is 19.6 Å². The number of likely N-dealkylation sites (tertiary alicyclic amines) is 1. The van der Waals surface area contributed by atoms with Gasteiger partial charge < -0.3 is 16.4 Å². The molecule has 9 heteroatoms. The Balaban J connectivity index is 0.00000240. The Hall–Kier alpha value is -2.42. The van der Waals surface area contributed by atoms with Crippen LogP contribution in [0.2, 0.25) is 0 Å². The lowest BCUT2D eigenvalue weighted by molar-refractivity contribution is -0.123. The molecule has 2 aliphatic rings. The number of benzene rings is 1. The van der Waals surface area contributed by atoms with Crippen molar-refractivity contribution >= 4 is 29.9 Å². The molecule has 5 N–H and O–H groups in total. The third kappa shape index (κ3) is 4.95. The number of piperidine rings is 1. The molecule has 0 saturated carbocycles. The van der Waals surface area contributed by atoms with Crippen molar-refractivity contribution in [1.29, 1.82) is 0 Å². The molecule has 1 saturated heterocycles. The van der Waals surface area contributed by atoms with Gasteiger partial charge in [0, 0.05) is 48.9 Å². The maximum atomic E-state index is 12.7. The number of H-pyrrole nitrogens is 1. The normalized spacial score (nSPS) is 17.2. The third-order valence-electron chi connectivity index (χ3n) is 5.60. The number of rotatable bonds is 5. The van der Waals surface area contributed by atoms with Crippen LogP contribution in [0.3, 0.4) is 0 Å². The molecular weight excluding hydrogens is 392 g/mol. The SMILES string of the molecule is Cl.NC(=O)C1CCN(Cc2cccc(NC(=O)c3n[nH]c4c3CNCC4)c2)CC1. The van der Waals surface area contributed by atoms with Crippen LogP contribution in [0.25, 0.3) is 0 Å². The Bertz CT molecular complexity index is 876. The second-order valence-corrected chi connectivity index (χ2v) is 7.56. The summed E-state index contributed by atoms with van der Waals surface area (Å²) in [5.41, 5.74) is 9.74. The molecule has 1 aromatic carbocycles. The summed E-state index contributed by atoms with van der Waals surface area (Å²) in [6.45, 7) is 4.06. The summed E-state index contributed by atoms with van der Waals surface area (Å²) < 4.78 is 0. The number of carbonyl (C=O) groups excluding carboxylic acids is 2. The summed E-state index contributed by atoms with van der Waals surface area (Å²) in [5, 5.41) is 13.4. The molecule has 0 aliphatic carbocycles. The van der Waals surface area contributed by atoms with Gasteiger partial charge in [0.25, 0.3) is 5.91 Å². The predicted octanol–water partition coefficient (Wildman–Crippen LogP) is 1.43. The van der Waals surface area contributed by atoms with Crippen LogP contribution in [0.4, 0.5) is 5.69 Å². The van der Waals surface area contributed by atoms with Crippen LogP contribution < -0.4 is 16.4 Å². The number of hydrogen-bond donors (Lipinski definition) is 4. The Labute approximate surface area is 176 Å². The number of carbonyl (C=O) groups is 2. The molecule has 3 heterocycles. The van der Waals surface area contributed by atoms with Crippen molar-refractivity contribution in [3.05, 3.63) is 46.8 Å². The van der Waals surface area contributed by atoms with E-state index < -0.39 is 0 Å². The van der Waals surface area contributed by atoms with Crippen molar-refractivity contribution < 1.29 is 9.59 Å². The highest BCUT2D eigenvalue weighted by Gasteiger charge is 2.24. The van der Waals surface area contributed by atoms with E-state index in [1.807, 2.05) is 18.2 Å². The standard InChI is InChI=1S/C20H26N6O2.ClH/c21-19(27)14-5-8-26(9-6-14)12-13-2-1-3-15(10-13)23-20(28)18-16-11-22-7-4-17(16)24-25-18;/h1-3,10,14,22H,4-9,11-12H2,(H2,21,27)(H,23,28)(H,24,25);1H. The number of nitrogens with zero attached hydrogens (tertiary/aromatic N) is 2. The maximum absolute atomic E-state index is 12.7. The lowest BCUT2D eigenvalue weighted by Gasteiger charge is -2.30. The summed E-state index contributed by atoms with van der Waals surface area (Å²) in [7, 11) is 0. The Morgan fingerprint density at radius 1 is 1.28 bits per heavy atom. The van der Waals surface area contributed by atoms with Crippen LogP contribution in [-0.4, -0.2) is 46.5 Å². The molecule has 0 spiro atoms. The van der Waals surface area contributed by atoms with Crippen LogP contribution in [0, 0.1) is 5.92 Å². The zero-order valence-corrected chi connectivity index (χ0v) is 17.1. The fourth-order valence-corrected chi connectivity index (χ4v) is 3.98. The minimum Gasteiger partial charge on any atom is -0.369 e. The highest BCUT2D eigenvalue weighted by Crippen LogP contribution is 2.21. The number of nitrogens with one attached hydrogen (secondary N) is 3. The summed E-state index contributed by atoms with van der Waals surface area (Å²) in [5.74, 6) is -0.392. The molecular formula is C20H27ClN6O2. The van der Waals surface area contributed by atoms with Crippen molar-refractivity contribution in [3.63, 3.8) is 0 Å². The first-order valence-electron chi connectivity index (χ1n) is 9.79. The van der Waals surface area contributed by atoms with Crippen molar-refractivity contribution in [2.45, 2.75) is 32.4 Å². The van der Waals surface area contributed by atoms with Crippen LogP contribution in [0.15, 0.2) is 24.3 Å².